The smallest absolute Gasteiger partial charge is 0.333 e. The molecule has 1 aliphatic heterocycles. The molecule has 2 aromatic rings. The van der Waals surface area contributed by atoms with Crippen molar-refractivity contribution in [2.75, 3.05) is 14.2 Å². The molecule has 1 aliphatic rings. The molecule has 0 spiro atoms. The molecule has 2 atom stereocenters. The highest BCUT2D eigenvalue weighted by molar-refractivity contribution is 6.07. The van der Waals surface area contributed by atoms with E-state index in [1.807, 2.05) is 0 Å². The van der Waals surface area contributed by atoms with Gasteiger partial charge in [-0.25, -0.2) is 0 Å². The fraction of sp³-hybridized carbons (Fsp3) is 0.333. The van der Waals surface area contributed by atoms with Gasteiger partial charge in [0.1, 0.15) is 5.75 Å². The maximum atomic E-state index is 13.0. The molecular weight excluding hydrogens is 328 g/mol. The summed E-state index contributed by atoms with van der Waals surface area (Å²) in [6.07, 6.45) is 1.65. The molecule has 7 nitrogen and oxygen atoms in total. The molecule has 25 heavy (non-hydrogen) atoms. The first-order valence-electron chi connectivity index (χ1n) is 7.71. The Morgan fingerprint density at radius 3 is 2.56 bits per heavy atom. The fourth-order valence-corrected chi connectivity index (χ4v) is 2.92. The predicted octanol–water partition coefficient (Wildman–Crippen LogP) is 2.28. The van der Waals surface area contributed by atoms with Crippen LogP contribution in [0.25, 0.3) is 0 Å². The SMILES string of the molecule is CCC(=O)c1ccc2c(c1)C(=O)C(O)(OC)C(OC)(c1ccco1)O2. The molecule has 7 heteroatoms. The van der Waals surface area contributed by atoms with Crippen LogP contribution in [0.2, 0.25) is 0 Å². The number of Topliss-reactive ketones (excluding diaryl/α,β-unsaturated/α-hetero) is 2. The van der Waals surface area contributed by atoms with Gasteiger partial charge in [0, 0.05) is 26.2 Å². The standard InChI is InChI=1S/C18H18O7/c1-4-13(19)11-7-8-14-12(10-11)16(20)17(21,22-2)18(23-3,25-14)15-6-5-9-24-15/h5-10,21H,4H2,1-3H3. The summed E-state index contributed by atoms with van der Waals surface area (Å²) < 4.78 is 21.6. The van der Waals surface area contributed by atoms with E-state index in [0.29, 0.717) is 5.56 Å². The van der Waals surface area contributed by atoms with Crippen molar-refractivity contribution in [3.8, 4) is 5.75 Å². The highest BCUT2D eigenvalue weighted by atomic mass is 16.8. The van der Waals surface area contributed by atoms with Crippen LogP contribution in [0.4, 0.5) is 0 Å². The summed E-state index contributed by atoms with van der Waals surface area (Å²) in [5.41, 5.74) is 0.377. The Labute approximate surface area is 144 Å². The van der Waals surface area contributed by atoms with Crippen LogP contribution < -0.4 is 4.74 Å². The lowest BCUT2D eigenvalue weighted by atomic mass is 9.88. The van der Waals surface area contributed by atoms with Crippen molar-refractivity contribution in [3.05, 3.63) is 53.5 Å². The van der Waals surface area contributed by atoms with Gasteiger partial charge < -0.3 is 23.7 Å². The zero-order valence-electron chi connectivity index (χ0n) is 14.1. The summed E-state index contributed by atoms with van der Waals surface area (Å²) in [6, 6.07) is 7.49. The van der Waals surface area contributed by atoms with E-state index in [4.69, 9.17) is 18.6 Å². The molecule has 132 valence electrons. The summed E-state index contributed by atoms with van der Waals surface area (Å²) in [6.45, 7) is 1.72. The molecule has 3 rings (SSSR count). The van der Waals surface area contributed by atoms with Crippen LogP contribution in [0.3, 0.4) is 0 Å². The van der Waals surface area contributed by atoms with Gasteiger partial charge in [0.25, 0.3) is 0 Å². The zero-order chi connectivity index (χ0) is 18.2. The van der Waals surface area contributed by atoms with E-state index in [0.717, 1.165) is 7.11 Å². The molecule has 0 fully saturated rings. The van der Waals surface area contributed by atoms with Crippen LogP contribution in [0.5, 0.6) is 5.75 Å². The van der Waals surface area contributed by atoms with E-state index in [9.17, 15) is 14.7 Å². The molecule has 1 aromatic carbocycles. The number of rotatable bonds is 5. The molecule has 0 bridgehead atoms. The van der Waals surface area contributed by atoms with Gasteiger partial charge in [-0.05, 0) is 30.3 Å². The average molecular weight is 346 g/mol. The van der Waals surface area contributed by atoms with Crippen LogP contribution >= 0.6 is 0 Å². The minimum Gasteiger partial charge on any atom is -0.462 e. The molecule has 0 radical (unpaired) electrons. The number of methoxy groups -OCH3 is 2. The van der Waals surface area contributed by atoms with E-state index < -0.39 is 17.4 Å². The first kappa shape index (κ1) is 17.3. The first-order valence-corrected chi connectivity index (χ1v) is 7.71. The van der Waals surface area contributed by atoms with Crippen LogP contribution in [-0.2, 0) is 15.3 Å². The van der Waals surface area contributed by atoms with E-state index in [2.05, 4.69) is 0 Å². The highest BCUT2D eigenvalue weighted by Crippen LogP contribution is 2.47. The minimum absolute atomic E-state index is 0.0304. The molecule has 1 aromatic heterocycles. The number of fused-ring (bicyclic) bond motifs is 1. The lowest BCUT2D eigenvalue weighted by Crippen LogP contribution is -2.64. The zero-order valence-corrected chi connectivity index (χ0v) is 14.1. The van der Waals surface area contributed by atoms with Crippen LogP contribution in [0.15, 0.2) is 41.0 Å². The van der Waals surface area contributed by atoms with Crippen molar-refractivity contribution in [1.29, 1.82) is 0 Å². The van der Waals surface area contributed by atoms with Crippen molar-refractivity contribution in [2.45, 2.75) is 24.9 Å². The summed E-state index contributed by atoms with van der Waals surface area (Å²) in [4.78, 5) is 24.9. The summed E-state index contributed by atoms with van der Waals surface area (Å²) in [7, 11) is 2.42. The van der Waals surface area contributed by atoms with Gasteiger partial charge in [-0.15, -0.1) is 0 Å². The highest BCUT2D eigenvalue weighted by Gasteiger charge is 2.66. The largest absolute Gasteiger partial charge is 0.462 e. The van der Waals surface area contributed by atoms with Crippen molar-refractivity contribution in [2.24, 2.45) is 0 Å². The Hall–Kier alpha value is -2.48. The van der Waals surface area contributed by atoms with Crippen LogP contribution in [0.1, 0.15) is 39.8 Å². The Kier molecular flexibility index (Phi) is 4.24. The van der Waals surface area contributed by atoms with E-state index in [1.165, 1.54) is 31.6 Å². The van der Waals surface area contributed by atoms with E-state index >= 15 is 0 Å². The van der Waals surface area contributed by atoms with Crippen LogP contribution in [-0.4, -0.2) is 36.7 Å². The summed E-state index contributed by atoms with van der Waals surface area (Å²) in [5, 5.41) is 11.0. The minimum atomic E-state index is -2.50. The number of furan rings is 1. The number of hydrogen-bond acceptors (Lipinski definition) is 7. The number of ketones is 2. The Morgan fingerprint density at radius 1 is 1.24 bits per heavy atom. The van der Waals surface area contributed by atoms with Gasteiger partial charge in [0.2, 0.25) is 5.78 Å². The molecule has 0 saturated carbocycles. The third kappa shape index (κ3) is 2.31. The molecule has 0 saturated heterocycles. The molecule has 2 heterocycles. The molecule has 0 aliphatic carbocycles. The Bertz CT molecular complexity index is 811. The lowest BCUT2D eigenvalue weighted by Gasteiger charge is -2.44. The number of carbonyl (C=O) groups excluding carboxylic acids is 2. The Balaban J connectivity index is 2.21. The molecule has 1 N–H and O–H groups in total. The van der Waals surface area contributed by atoms with Crippen molar-refractivity contribution in [3.63, 3.8) is 0 Å². The van der Waals surface area contributed by atoms with E-state index in [1.54, 1.807) is 19.1 Å². The number of ether oxygens (including phenoxy) is 3. The summed E-state index contributed by atoms with van der Waals surface area (Å²) >= 11 is 0. The maximum absolute atomic E-state index is 13.0. The number of benzene rings is 1. The Morgan fingerprint density at radius 2 is 2.00 bits per heavy atom. The van der Waals surface area contributed by atoms with E-state index in [-0.39, 0.29) is 29.3 Å². The number of aliphatic hydroxyl groups is 1. The van der Waals surface area contributed by atoms with Gasteiger partial charge in [-0.3, -0.25) is 9.59 Å². The van der Waals surface area contributed by atoms with Gasteiger partial charge in [-0.1, -0.05) is 6.92 Å². The van der Waals surface area contributed by atoms with Crippen molar-refractivity contribution >= 4 is 11.6 Å². The summed E-state index contributed by atoms with van der Waals surface area (Å²) in [5.74, 6) is -5.23. The second-order valence-corrected chi connectivity index (χ2v) is 5.57. The quantitative estimate of drug-likeness (QED) is 0.655. The number of hydrogen-bond donors (Lipinski definition) is 1. The average Bonchev–Trinajstić information content (AvgIpc) is 3.18. The normalized spacial score (nSPS) is 25.4. The lowest BCUT2D eigenvalue weighted by molar-refractivity contribution is -0.352. The van der Waals surface area contributed by atoms with Gasteiger partial charge in [-0.2, -0.15) is 0 Å². The maximum Gasteiger partial charge on any atom is 0.333 e. The molecule has 2 unspecified atom stereocenters. The predicted molar refractivity (Wildman–Crippen MR) is 85.4 cm³/mol. The number of carbonyl (C=O) groups is 2. The molecular formula is C18H18O7. The second-order valence-electron chi connectivity index (χ2n) is 5.57. The molecule has 0 amide bonds. The van der Waals surface area contributed by atoms with Crippen molar-refractivity contribution in [1.82, 2.24) is 0 Å². The van der Waals surface area contributed by atoms with Crippen molar-refractivity contribution < 1.29 is 33.3 Å². The third-order valence-corrected chi connectivity index (χ3v) is 4.30. The topological polar surface area (TPSA) is 95.2 Å². The van der Waals surface area contributed by atoms with Gasteiger partial charge in [0.15, 0.2) is 11.5 Å². The van der Waals surface area contributed by atoms with Crippen LogP contribution in [0, 0.1) is 0 Å². The second kappa shape index (κ2) is 6.11. The monoisotopic (exact) mass is 346 g/mol. The fourth-order valence-electron chi connectivity index (χ4n) is 2.92. The first-order chi connectivity index (χ1) is 11.9. The third-order valence-electron chi connectivity index (χ3n) is 4.30. The van der Waals surface area contributed by atoms with Gasteiger partial charge >= 0.3 is 11.6 Å². The van der Waals surface area contributed by atoms with Gasteiger partial charge in [0.05, 0.1) is 11.8 Å².